The van der Waals surface area contributed by atoms with Gasteiger partial charge in [0.2, 0.25) is 0 Å². The molecule has 0 aliphatic heterocycles. The van der Waals surface area contributed by atoms with Crippen molar-refractivity contribution in [1.29, 1.82) is 0 Å². The van der Waals surface area contributed by atoms with Gasteiger partial charge in [0.1, 0.15) is 11.5 Å². The lowest BCUT2D eigenvalue weighted by molar-refractivity contribution is 0.424. The summed E-state index contributed by atoms with van der Waals surface area (Å²) in [7, 11) is 0. The minimum Gasteiger partial charge on any atom is -0.457 e. The number of rotatable bonds is 4. The molecule has 2 aromatic carbocycles. The summed E-state index contributed by atoms with van der Waals surface area (Å²) in [5.74, 6) is 1.79. The minimum absolute atomic E-state index is 0.130. The Morgan fingerprint density at radius 3 is 2.19 bits per heavy atom. The van der Waals surface area contributed by atoms with Crippen LogP contribution in [0, 0.1) is 13.8 Å². The van der Waals surface area contributed by atoms with Crippen LogP contribution in [0.25, 0.3) is 0 Å². The van der Waals surface area contributed by atoms with Crippen LogP contribution in [0.4, 0.5) is 0 Å². The van der Waals surface area contributed by atoms with Crippen LogP contribution in [-0.2, 0) is 6.54 Å². The monoisotopic (exact) mass is 283 g/mol. The molecular weight excluding hydrogens is 258 g/mol. The van der Waals surface area contributed by atoms with E-state index in [0.717, 1.165) is 23.6 Å². The highest BCUT2D eigenvalue weighted by molar-refractivity contribution is 5.40. The van der Waals surface area contributed by atoms with E-state index in [1.54, 1.807) is 0 Å². The standard InChI is InChI=1S/C19H25NO/c1-14-6-9-17(10-7-14)21-18-11-8-16(12-15(18)2)13-20-19(3,4)5/h6-12,20H,13H2,1-5H3. The van der Waals surface area contributed by atoms with Gasteiger partial charge in [0.05, 0.1) is 0 Å². The molecule has 0 aliphatic carbocycles. The lowest BCUT2D eigenvalue weighted by Gasteiger charge is -2.21. The molecule has 112 valence electrons. The molecule has 2 rings (SSSR count). The number of aryl methyl sites for hydroxylation is 2. The Kier molecular flexibility index (Phi) is 4.69. The summed E-state index contributed by atoms with van der Waals surface area (Å²) in [6, 6.07) is 14.5. The van der Waals surface area contributed by atoms with Gasteiger partial charge in [0.25, 0.3) is 0 Å². The van der Waals surface area contributed by atoms with Gasteiger partial charge < -0.3 is 10.1 Å². The zero-order chi connectivity index (χ0) is 15.5. The molecule has 2 nitrogen and oxygen atoms in total. The van der Waals surface area contributed by atoms with E-state index in [2.05, 4.69) is 70.3 Å². The van der Waals surface area contributed by atoms with Crippen LogP contribution < -0.4 is 10.1 Å². The second kappa shape index (κ2) is 6.31. The van der Waals surface area contributed by atoms with E-state index in [1.807, 2.05) is 12.1 Å². The quantitative estimate of drug-likeness (QED) is 0.854. The first-order chi connectivity index (χ1) is 9.83. The molecule has 0 radical (unpaired) electrons. The number of hydrogen-bond donors (Lipinski definition) is 1. The van der Waals surface area contributed by atoms with Crippen LogP contribution in [0.3, 0.4) is 0 Å². The van der Waals surface area contributed by atoms with Gasteiger partial charge in [-0.25, -0.2) is 0 Å². The lowest BCUT2D eigenvalue weighted by atomic mass is 10.1. The van der Waals surface area contributed by atoms with Crippen molar-refractivity contribution in [1.82, 2.24) is 5.32 Å². The summed E-state index contributed by atoms with van der Waals surface area (Å²) >= 11 is 0. The fourth-order valence-corrected chi connectivity index (χ4v) is 2.04. The fourth-order valence-electron chi connectivity index (χ4n) is 2.04. The Hall–Kier alpha value is -1.80. The van der Waals surface area contributed by atoms with E-state index in [0.29, 0.717) is 0 Å². The van der Waals surface area contributed by atoms with Crippen molar-refractivity contribution in [3.05, 3.63) is 59.2 Å². The average Bonchev–Trinajstić information content (AvgIpc) is 2.41. The molecule has 0 heterocycles. The third-order valence-corrected chi connectivity index (χ3v) is 3.31. The molecule has 0 unspecified atom stereocenters. The molecule has 0 saturated heterocycles. The van der Waals surface area contributed by atoms with Gasteiger partial charge >= 0.3 is 0 Å². The van der Waals surface area contributed by atoms with Gasteiger partial charge in [0.15, 0.2) is 0 Å². The van der Waals surface area contributed by atoms with E-state index in [1.165, 1.54) is 11.1 Å². The first kappa shape index (κ1) is 15.6. The maximum atomic E-state index is 5.94. The maximum absolute atomic E-state index is 5.94. The first-order valence-electron chi connectivity index (χ1n) is 7.42. The number of nitrogens with one attached hydrogen (secondary N) is 1. The molecule has 0 aliphatic rings. The second-order valence-corrected chi connectivity index (χ2v) is 6.62. The van der Waals surface area contributed by atoms with Crippen LogP contribution in [0.15, 0.2) is 42.5 Å². The van der Waals surface area contributed by atoms with Gasteiger partial charge in [-0.3, -0.25) is 0 Å². The maximum Gasteiger partial charge on any atom is 0.130 e. The second-order valence-electron chi connectivity index (χ2n) is 6.62. The highest BCUT2D eigenvalue weighted by atomic mass is 16.5. The number of hydrogen-bond acceptors (Lipinski definition) is 2. The SMILES string of the molecule is Cc1ccc(Oc2ccc(CNC(C)(C)C)cc2C)cc1. The van der Waals surface area contributed by atoms with Gasteiger partial charge in [-0.05, 0) is 63.9 Å². The molecule has 2 heteroatoms. The normalized spacial score (nSPS) is 11.5. The Labute approximate surface area is 128 Å². The zero-order valence-electron chi connectivity index (χ0n) is 13.7. The third kappa shape index (κ3) is 4.91. The van der Waals surface area contributed by atoms with E-state index >= 15 is 0 Å². The zero-order valence-corrected chi connectivity index (χ0v) is 13.7. The van der Waals surface area contributed by atoms with Gasteiger partial charge in [0, 0.05) is 12.1 Å². The largest absolute Gasteiger partial charge is 0.457 e. The summed E-state index contributed by atoms with van der Waals surface area (Å²) in [6.45, 7) is 11.6. The summed E-state index contributed by atoms with van der Waals surface area (Å²) in [5, 5.41) is 3.50. The van der Waals surface area contributed by atoms with Crippen LogP contribution in [0.1, 0.15) is 37.5 Å². The average molecular weight is 283 g/mol. The smallest absolute Gasteiger partial charge is 0.130 e. The molecule has 0 spiro atoms. The van der Waals surface area contributed by atoms with Gasteiger partial charge in [-0.2, -0.15) is 0 Å². The highest BCUT2D eigenvalue weighted by Gasteiger charge is 2.09. The topological polar surface area (TPSA) is 21.3 Å². The van der Waals surface area contributed by atoms with Crippen molar-refractivity contribution in [2.24, 2.45) is 0 Å². The van der Waals surface area contributed by atoms with Crippen LogP contribution >= 0.6 is 0 Å². The Morgan fingerprint density at radius 1 is 0.952 bits per heavy atom. The Bertz CT molecular complexity index is 594. The summed E-state index contributed by atoms with van der Waals surface area (Å²) < 4.78 is 5.94. The summed E-state index contributed by atoms with van der Waals surface area (Å²) in [4.78, 5) is 0. The summed E-state index contributed by atoms with van der Waals surface area (Å²) in [6.07, 6.45) is 0. The van der Waals surface area contributed by atoms with Crippen LogP contribution in [0.2, 0.25) is 0 Å². The molecule has 1 N–H and O–H groups in total. The van der Waals surface area contributed by atoms with E-state index < -0.39 is 0 Å². The molecule has 0 amide bonds. The molecular formula is C19H25NO. The third-order valence-electron chi connectivity index (χ3n) is 3.31. The van der Waals surface area contributed by atoms with Gasteiger partial charge in [-0.1, -0.05) is 29.8 Å². The minimum atomic E-state index is 0.130. The van der Waals surface area contributed by atoms with Crippen molar-refractivity contribution in [3.8, 4) is 11.5 Å². The highest BCUT2D eigenvalue weighted by Crippen LogP contribution is 2.26. The van der Waals surface area contributed by atoms with Crippen molar-refractivity contribution in [3.63, 3.8) is 0 Å². The molecule has 2 aromatic rings. The Balaban J connectivity index is 2.07. The van der Waals surface area contributed by atoms with E-state index in [4.69, 9.17) is 4.74 Å². The van der Waals surface area contributed by atoms with E-state index in [9.17, 15) is 0 Å². The van der Waals surface area contributed by atoms with Crippen LogP contribution in [-0.4, -0.2) is 5.54 Å². The number of ether oxygens (including phenoxy) is 1. The van der Waals surface area contributed by atoms with E-state index in [-0.39, 0.29) is 5.54 Å². The summed E-state index contributed by atoms with van der Waals surface area (Å²) in [5.41, 5.74) is 3.80. The predicted octanol–water partition coefficient (Wildman–Crippen LogP) is 4.98. The molecule has 0 saturated carbocycles. The molecule has 0 atom stereocenters. The molecule has 0 aromatic heterocycles. The lowest BCUT2D eigenvalue weighted by Crippen LogP contribution is -2.35. The van der Waals surface area contributed by atoms with Crippen molar-refractivity contribution < 1.29 is 4.74 Å². The first-order valence-corrected chi connectivity index (χ1v) is 7.42. The molecule has 0 bridgehead atoms. The van der Waals surface area contributed by atoms with Gasteiger partial charge in [-0.15, -0.1) is 0 Å². The predicted molar refractivity (Wildman–Crippen MR) is 89.0 cm³/mol. The Morgan fingerprint density at radius 2 is 1.62 bits per heavy atom. The van der Waals surface area contributed by atoms with Crippen molar-refractivity contribution in [2.75, 3.05) is 0 Å². The molecule has 21 heavy (non-hydrogen) atoms. The van der Waals surface area contributed by atoms with Crippen molar-refractivity contribution >= 4 is 0 Å². The van der Waals surface area contributed by atoms with Crippen molar-refractivity contribution in [2.45, 2.75) is 46.7 Å². The number of benzene rings is 2. The molecule has 0 fully saturated rings. The fraction of sp³-hybridized carbons (Fsp3) is 0.368. The van der Waals surface area contributed by atoms with Crippen LogP contribution in [0.5, 0.6) is 11.5 Å².